The number of aryl methyl sites for hydroxylation is 1. The normalized spacial score (nSPS) is 18.8. The van der Waals surface area contributed by atoms with Crippen LogP contribution in [0.2, 0.25) is 0 Å². The van der Waals surface area contributed by atoms with Crippen LogP contribution in [0, 0.1) is 12.8 Å². The molecule has 1 saturated carbocycles. The molecule has 1 aliphatic rings. The maximum Gasteiger partial charge on any atom is 0.408 e. The molecule has 2 rings (SSSR count). The zero-order valence-corrected chi connectivity index (χ0v) is 21.5. The van der Waals surface area contributed by atoms with E-state index in [2.05, 4.69) is 28.0 Å². The van der Waals surface area contributed by atoms with E-state index in [0.717, 1.165) is 5.56 Å². The average Bonchev–Trinajstić information content (AvgIpc) is 3.48. The van der Waals surface area contributed by atoms with Crippen molar-refractivity contribution in [3.63, 3.8) is 0 Å². The molecule has 10 heteroatoms. The Balaban J connectivity index is 2.42. The van der Waals surface area contributed by atoms with Crippen molar-refractivity contribution < 1.29 is 28.7 Å². The number of ether oxygens (including phenoxy) is 2. The fraction of sp³-hybridized carbons (Fsp3) is 0.583. The predicted octanol–water partition coefficient (Wildman–Crippen LogP) is 2.39. The van der Waals surface area contributed by atoms with Crippen molar-refractivity contribution in [1.29, 1.82) is 0 Å². The number of hydrogen-bond donors (Lipinski definition) is 3. The lowest BCUT2D eigenvalue weighted by molar-refractivity contribution is -0.145. The van der Waals surface area contributed by atoms with Gasteiger partial charge in [0.15, 0.2) is 0 Å². The monoisotopic (exact) mass is 493 g/mol. The molecule has 1 aliphatic carbocycles. The molecule has 1 aromatic rings. The van der Waals surface area contributed by atoms with Crippen LogP contribution in [0.4, 0.5) is 4.79 Å². The van der Waals surface area contributed by atoms with Crippen LogP contribution in [0.15, 0.2) is 24.3 Å². The second-order valence-electron chi connectivity index (χ2n) is 9.46. The topological polar surface area (TPSA) is 114 Å². The SMILES string of the molecule is COC(=O)CNC(=O)C(c1ccccc1C)N(C(=O)C(CS)NC(=O)OC(C)(C)C)C1CC1C. The third-order valence-corrected chi connectivity index (χ3v) is 5.86. The van der Waals surface area contributed by atoms with Gasteiger partial charge in [0, 0.05) is 11.8 Å². The van der Waals surface area contributed by atoms with E-state index < -0.39 is 41.6 Å². The lowest BCUT2D eigenvalue weighted by Gasteiger charge is -2.35. The Labute approximate surface area is 206 Å². The van der Waals surface area contributed by atoms with E-state index in [-0.39, 0.29) is 24.3 Å². The zero-order chi connectivity index (χ0) is 25.6. The van der Waals surface area contributed by atoms with Gasteiger partial charge in [0.2, 0.25) is 11.8 Å². The van der Waals surface area contributed by atoms with Gasteiger partial charge in [-0.05, 0) is 51.2 Å². The summed E-state index contributed by atoms with van der Waals surface area (Å²) in [5.41, 5.74) is 0.707. The van der Waals surface area contributed by atoms with E-state index >= 15 is 0 Å². The number of nitrogens with one attached hydrogen (secondary N) is 2. The number of carbonyl (C=O) groups is 4. The van der Waals surface area contributed by atoms with Gasteiger partial charge in [-0.25, -0.2) is 4.79 Å². The summed E-state index contributed by atoms with van der Waals surface area (Å²) >= 11 is 4.28. The first-order valence-corrected chi connectivity index (χ1v) is 11.9. The summed E-state index contributed by atoms with van der Waals surface area (Å²) in [6, 6.07) is 5.04. The van der Waals surface area contributed by atoms with E-state index in [1.807, 2.05) is 26.0 Å². The molecule has 0 aliphatic heterocycles. The molecule has 9 nitrogen and oxygen atoms in total. The number of thiol groups is 1. The van der Waals surface area contributed by atoms with Gasteiger partial charge in [0.25, 0.3) is 0 Å². The minimum atomic E-state index is -1.01. The highest BCUT2D eigenvalue weighted by molar-refractivity contribution is 7.80. The first-order chi connectivity index (χ1) is 15.9. The molecule has 0 saturated heterocycles. The number of hydrogen-bond acceptors (Lipinski definition) is 7. The third-order valence-electron chi connectivity index (χ3n) is 5.49. The number of amides is 3. The number of nitrogens with zero attached hydrogens (tertiary/aromatic N) is 1. The summed E-state index contributed by atoms with van der Waals surface area (Å²) in [5.74, 6) is -1.38. The molecule has 1 aromatic carbocycles. The van der Waals surface area contributed by atoms with Crippen LogP contribution in [0.5, 0.6) is 0 Å². The van der Waals surface area contributed by atoms with Crippen LogP contribution in [-0.2, 0) is 23.9 Å². The number of benzene rings is 1. The van der Waals surface area contributed by atoms with Gasteiger partial charge in [0.1, 0.15) is 24.2 Å². The van der Waals surface area contributed by atoms with Gasteiger partial charge in [-0.2, -0.15) is 12.6 Å². The van der Waals surface area contributed by atoms with Gasteiger partial charge in [0.05, 0.1) is 7.11 Å². The maximum absolute atomic E-state index is 13.8. The second-order valence-corrected chi connectivity index (χ2v) is 9.83. The molecule has 0 bridgehead atoms. The summed E-state index contributed by atoms with van der Waals surface area (Å²) < 4.78 is 9.93. The highest BCUT2D eigenvalue weighted by Crippen LogP contribution is 2.41. The molecule has 188 valence electrons. The number of alkyl carbamates (subject to hydrolysis) is 1. The second kappa shape index (κ2) is 11.6. The van der Waals surface area contributed by atoms with E-state index in [1.165, 1.54) is 12.0 Å². The van der Waals surface area contributed by atoms with Gasteiger partial charge in [-0.1, -0.05) is 31.2 Å². The molecule has 4 atom stereocenters. The lowest BCUT2D eigenvalue weighted by atomic mass is 9.98. The molecule has 1 fully saturated rings. The first kappa shape index (κ1) is 27.5. The average molecular weight is 494 g/mol. The lowest BCUT2D eigenvalue weighted by Crippen LogP contribution is -2.55. The smallest absolute Gasteiger partial charge is 0.408 e. The van der Waals surface area contributed by atoms with E-state index in [9.17, 15) is 19.2 Å². The molecule has 0 spiro atoms. The summed E-state index contributed by atoms with van der Waals surface area (Å²) in [4.78, 5) is 52.7. The minimum absolute atomic E-state index is 0.0138. The summed E-state index contributed by atoms with van der Waals surface area (Å²) in [7, 11) is 1.23. The van der Waals surface area contributed by atoms with Crippen LogP contribution in [0.1, 0.15) is 51.3 Å². The highest BCUT2D eigenvalue weighted by Gasteiger charge is 2.48. The Kier molecular flexibility index (Phi) is 9.37. The van der Waals surface area contributed by atoms with Gasteiger partial charge >= 0.3 is 12.1 Å². The maximum atomic E-state index is 13.8. The molecule has 4 unspecified atom stereocenters. The molecule has 2 N–H and O–H groups in total. The van der Waals surface area contributed by atoms with Crippen LogP contribution in [0.3, 0.4) is 0 Å². The quantitative estimate of drug-likeness (QED) is 0.360. The van der Waals surface area contributed by atoms with Crippen molar-refractivity contribution in [3.8, 4) is 0 Å². The largest absolute Gasteiger partial charge is 0.468 e. The molecular formula is C24H35N3O6S. The van der Waals surface area contributed by atoms with Crippen molar-refractivity contribution in [1.82, 2.24) is 15.5 Å². The first-order valence-electron chi connectivity index (χ1n) is 11.2. The minimum Gasteiger partial charge on any atom is -0.468 e. The van der Waals surface area contributed by atoms with Crippen molar-refractivity contribution in [2.45, 2.75) is 64.8 Å². The summed E-state index contributed by atoms with van der Waals surface area (Å²) in [5, 5.41) is 5.17. The molecule has 0 radical (unpaired) electrons. The van der Waals surface area contributed by atoms with Crippen LogP contribution in [-0.4, -0.2) is 65.9 Å². The summed E-state index contributed by atoms with van der Waals surface area (Å²) in [6.07, 6.45) is -0.0318. The van der Waals surface area contributed by atoms with Crippen LogP contribution in [0.25, 0.3) is 0 Å². The Morgan fingerprint density at radius 2 is 1.82 bits per heavy atom. The molecule has 0 aromatic heterocycles. The van der Waals surface area contributed by atoms with E-state index in [4.69, 9.17) is 4.74 Å². The fourth-order valence-electron chi connectivity index (χ4n) is 3.63. The Morgan fingerprint density at radius 3 is 2.32 bits per heavy atom. The molecular weight excluding hydrogens is 458 g/mol. The summed E-state index contributed by atoms with van der Waals surface area (Å²) in [6.45, 7) is 8.69. The highest BCUT2D eigenvalue weighted by atomic mass is 32.1. The Bertz CT molecular complexity index is 916. The number of carbonyl (C=O) groups excluding carboxylic acids is 4. The molecule has 34 heavy (non-hydrogen) atoms. The Morgan fingerprint density at radius 1 is 1.21 bits per heavy atom. The number of esters is 1. The number of methoxy groups -OCH3 is 1. The van der Waals surface area contributed by atoms with Crippen molar-refractivity contribution >= 4 is 36.5 Å². The van der Waals surface area contributed by atoms with Crippen molar-refractivity contribution in [2.24, 2.45) is 5.92 Å². The van der Waals surface area contributed by atoms with Crippen molar-refractivity contribution in [2.75, 3.05) is 19.4 Å². The predicted molar refractivity (Wildman–Crippen MR) is 130 cm³/mol. The van der Waals surface area contributed by atoms with E-state index in [0.29, 0.717) is 12.0 Å². The van der Waals surface area contributed by atoms with Crippen LogP contribution >= 0.6 is 12.6 Å². The van der Waals surface area contributed by atoms with Crippen molar-refractivity contribution in [3.05, 3.63) is 35.4 Å². The van der Waals surface area contributed by atoms with Gasteiger partial charge in [-0.3, -0.25) is 14.4 Å². The Hall–Kier alpha value is -2.75. The fourth-order valence-corrected chi connectivity index (χ4v) is 3.87. The third kappa shape index (κ3) is 7.38. The van der Waals surface area contributed by atoms with Gasteiger partial charge in [-0.15, -0.1) is 0 Å². The van der Waals surface area contributed by atoms with Gasteiger partial charge < -0.3 is 25.0 Å². The zero-order valence-electron chi connectivity index (χ0n) is 20.6. The van der Waals surface area contributed by atoms with E-state index in [1.54, 1.807) is 32.9 Å². The standard InChI is InChI=1S/C24H35N3O6S/c1-14-9-7-8-10-16(14)20(21(29)25-12-19(28)32-6)27(18-11-15(18)2)22(30)17(13-34)26-23(31)33-24(3,4)5/h7-10,15,17-18,20,34H,11-13H2,1-6H3,(H,25,29)(H,26,31). The number of rotatable bonds is 9. The van der Waals surface area contributed by atoms with Crippen LogP contribution < -0.4 is 10.6 Å². The molecule has 3 amide bonds. The molecule has 0 heterocycles.